The van der Waals surface area contributed by atoms with Gasteiger partial charge in [-0.3, -0.25) is 0 Å². The van der Waals surface area contributed by atoms with Crippen LogP contribution in [0.25, 0.3) is 0 Å². The molecule has 2 unspecified atom stereocenters. The van der Waals surface area contributed by atoms with Gasteiger partial charge < -0.3 is 15.2 Å². The fourth-order valence-electron chi connectivity index (χ4n) is 2.31. The van der Waals surface area contributed by atoms with Gasteiger partial charge in [0.05, 0.1) is 13.2 Å². The van der Waals surface area contributed by atoms with Gasteiger partial charge in [0, 0.05) is 16.9 Å². The molecule has 0 radical (unpaired) electrons. The summed E-state index contributed by atoms with van der Waals surface area (Å²) in [5.41, 5.74) is 1.15. The van der Waals surface area contributed by atoms with Gasteiger partial charge in [0.2, 0.25) is 0 Å². The molecule has 0 saturated carbocycles. The number of aliphatic hydroxyl groups is 1. The number of hydrogen-bond donors (Lipinski definition) is 2. The summed E-state index contributed by atoms with van der Waals surface area (Å²) in [7, 11) is 1.68. The Hall–Kier alpha value is -0.580. The number of benzene rings is 1. The Labute approximate surface area is 110 Å². The van der Waals surface area contributed by atoms with Gasteiger partial charge in [-0.15, -0.1) is 0 Å². The van der Waals surface area contributed by atoms with E-state index in [1.165, 1.54) is 0 Å². The predicted octanol–water partition coefficient (Wildman–Crippen LogP) is 1.97. The molecule has 0 amide bonds. The van der Waals surface area contributed by atoms with E-state index in [0.29, 0.717) is 0 Å². The normalized spacial score (nSPS) is 24.6. The van der Waals surface area contributed by atoms with Gasteiger partial charge in [-0.1, -0.05) is 15.9 Å². The highest BCUT2D eigenvalue weighted by Crippen LogP contribution is 2.27. The molecule has 2 atom stereocenters. The number of halogens is 1. The molecule has 2 N–H and O–H groups in total. The van der Waals surface area contributed by atoms with Gasteiger partial charge in [0.15, 0.2) is 0 Å². The van der Waals surface area contributed by atoms with Crippen molar-refractivity contribution in [2.24, 2.45) is 5.92 Å². The van der Waals surface area contributed by atoms with E-state index in [2.05, 4.69) is 27.3 Å². The van der Waals surface area contributed by atoms with E-state index >= 15 is 0 Å². The molecule has 3 nitrogen and oxygen atoms in total. The average molecular weight is 300 g/mol. The summed E-state index contributed by atoms with van der Waals surface area (Å²) in [6.07, 6.45) is 1.47. The molecule has 1 saturated heterocycles. The third-order valence-electron chi connectivity index (χ3n) is 3.29. The first-order chi connectivity index (χ1) is 8.20. The molecule has 0 aliphatic carbocycles. The summed E-state index contributed by atoms with van der Waals surface area (Å²) in [5, 5.41) is 13.3. The topological polar surface area (TPSA) is 41.5 Å². The molecule has 1 aromatic carbocycles. The van der Waals surface area contributed by atoms with Crippen LogP contribution in [0.15, 0.2) is 22.7 Å². The molecular weight excluding hydrogens is 282 g/mol. The summed E-state index contributed by atoms with van der Waals surface area (Å²) >= 11 is 3.47. The summed E-state index contributed by atoms with van der Waals surface area (Å²) in [6.45, 7) is 1.78. The van der Waals surface area contributed by atoms with Gasteiger partial charge in [-0.05, 0) is 43.1 Å². The molecule has 17 heavy (non-hydrogen) atoms. The molecule has 1 fully saturated rings. The fourth-order valence-corrected chi connectivity index (χ4v) is 2.71. The molecule has 1 aliphatic heterocycles. The van der Waals surface area contributed by atoms with E-state index in [-0.39, 0.29) is 12.0 Å². The van der Waals surface area contributed by atoms with Crippen LogP contribution in [0.5, 0.6) is 5.75 Å². The van der Waals surface area contributed by atoms with Crippen LogP contribution < -0.4 is 10.1 Å². The van der Waals surface area contributed by atoms with E-state index in [9.17, 15) is 5.11 Å². The lowest BCUT2D eigenvalue weighted by Gasteiger charge is -2.28. The lowest BCUT2D eigenvalue weighted by molar-refractivity contribution is 0.0788. The summed E-state index contributed by atoms with van der Waals surface area (Å²) < 4.78 is 6.40. The van der Waals surface area contributed by atoms with E-state index in [1.54, 1.807) is 7.11 Å². The average Bonchev–Trinajstić information content (AvgIpc) is 2.32. The standard InChI is InChI=1S/C13H18BrNO2/c1-17-13-3-2-11(14)7-9(13)6-10-8-15-5-4-12(10)16/h2-3,7,10,12,15-16H,4-6,8H2,1H3. The maximum absolute atomic E-state index is 9.97. The van der Waals surface area contributed by atoms with Crippen molar-refractivity contribution in [2.75, 3.05) is 20.2 Å². The zero-order valence-corrected chi connectivity index (χ0v) is 11.5. The van der Waals surface area contributed by atoms with Crippen LogP contribution in [0, 0.1) is 5.92 Å². The Morgan fingerprint density at radius 1 is 1.53 bits per heavy atom. The summed E-state index contributed by atoms with van der Waals surface area (Å²) in [5.74, 6) is 1.16. The Bertz CT molecular complexity index is 384. The monoisotopic (exact) mass is 299 g/mol. The van der Waals surface area contributed by atoms with E-state index in [1.807, 2.05) is 12.1 Å². The van der Waals surface area contributed by atoms with Crippen LogP contribution in [0.1, 0.15) is 12.0 Å². The second kappa shape index (κ2) is 5.85. The zero-order valence-electron chi connectivity index (χ0n) is 9.95. The zero-order chi connectivity index (χ0) is 12.3. The van der Waals surface area contributed by atoms with E-state index in [0.717, 1.165) is 41.7 Å². The van der Waals surface area contributed by atoms with Crippen LogP contribution in [0.4, 0.5) is 0 Å². The lowest BCUT2D eigenvalue weighted by Crippen LogP contribution is -2.40. The molecule has 0 aromatic heterocycles. The number of rotatable bonds is 3. The van der Waals surface area contributed by atoms with Crippen LogP contribution in [-0.2, 0) is 6.42 Å². The van der Waals surface area contributed by atoms with Crippen LogP contribution in [-0.4, -0.2) is 31.4 Å². The Morgan fingerprint density at radius 2 is 2.35 bits per heavy atom. The quantitative estimate of drug-likeness (QED) is 0.897. The Kier molecular flexibility index (Phi) is 4.42. The highest BCUT2D eigenvalue weighted by atomic mass is 79.9. The third kappa shape index (κ3) is 3.21. The van der Waals surface area contributed by atoms with Gasteiger partial charge in [-0.2, -0.15) is 0 Å². The maximum Gasteiger partial charge on any atom is 0.122 e. The van der Waals surface area contributed by atoms with Gasteiger partial charge in [0.25, 0.3) is 0 Å². The smallest absolute Gasteiger partial charge is 0.122 e. The van der Waals surface area contributed by atoms with Crippen LogP contribution >= 0.6 is 15.9 Å². The van der Waals surface area contributed by atoms with Crippen molar-refractivity contribution in [2.45, 2.75) is 18.9 Å². The van der Waals surface area contributed by atoms with Gasteiger partial charge in [0.1, 0.15) is 5.75 Å². The van der Waals surface area contributed by atoms with Crippen LogP contribution in [0.3, 0.4) is 0 Å². The van der Waals surface area contributed by atoms with Crippen molar-refractivity contribution in [3.05, 3.63) is 28.2 Å². The molecule has 1 aliphatic rings. The van der Waals surface area contributed by atoms with Crippen molar-refractivity contribution >= 4 is 15.9 Å². The molecule has 94 valence electrons. The highest BCUT2D eigenvalue weighted by Gasteiger charge is 2.24. The largest absolute Gasteiger partial charge is 0.496 e. The van der Waals surface area contributed by atoms with Crippen molar-refractivity contribution in [3.8, 4) is 5.75 Å². The lowest BCUT2D eigenvalue weighted by atomic mass is 9.89. The minimum absolute atomic E-state index is 0.208. The summed E-state index contributed by atoms with van der Waals surface area (Å²) in [4.78, 5) is 0. The van der Waals surface area contributed by atoms with E-state index < -0.39 is 0 Å². The predicted molar refractivity (Wildman–Crippen MR) is 71.4 cm³/mol. The number of piperidine rings is 1. The fraction of sp³-hybridized carbons (Fsp3) is 0.538. The van der Waals surface area contributed by atoms with Crippen molar-refractivity contribution in [1.29, 1.82) is 0 Å². The van der Waals surface area contributed by atoms with Crippen molar-refractivity contribution in [1.82, 2.24) is 5.32 Å². The number of hydrogen-bond acceptors (Lipinski definition) is 3. The molecule has 1 aromatic rings. The van der Waals surface area contributed by atoms with Gasteiger partial charge >= 0.3 is 0 Å². The number of methoxy groups -OCH3 is 1. The highest BCUT2D eigenvalue weighted by molar-refractivity contribution is 9.10. The molecule has 2 rings (SSSR count). The molecular formula is C13H18BrNO2. The SMILES string of the molecule is COc1ccc(Br)cc1CC1CNCCC1O. The molecule has 4 heteroatoms. The van der Waals surface area contributed by atoms with Gasteiger partial charge in [-0.25, -0.2) is 0 Å². The Morgan fingerprint density at radius 3 is 3.06 bits per heavy atom. The first-order valence-corrected chi connectivity index (χ1v) is 6.71. The van der Waals surface area contributed by atoms with Crippen LogP contribution in [0.2, 0.25) is 0 Å². The summed E-state index contributed by atoms with van der Waals surface area (Å²) in [6, 6.07) is 6.00. The Balaban J connectivity index is 2.13. The minimum atomic E-state index is -0.208. The number of ether oxygens (including phenoxy) is 1. The van der Waals surface area contributed by atoms with Crippen molar-refractivity contribution in [3.63, 3.8) is 0 Å². The third-order valence-corrected chi connectivity index (χ3v) is 3.79. The van der Waals surface area contributed by atoms with E-state index in [4.69, 9.17) is 4.74 Å². The first kappa shape index (κ1) is 12.9. The number of nitrogens with one attached hydrogen (secondary N) is 1. The minimum Gasteiger partial charge on any atom is -0.496 e. The molecule has 0 spiro atoms. The van der Waals surface area contributed by atoms with Crippen molar-refractivity contribution < 1.29 is 9.84 Å². The second-order valence-electron chi connectivity index (χ2n) is 4.48. The second-order valence-corrected chi connectivity index (χ2v) is 5.40. The molecule has 0 bridgehead atoms. The maximum atomic E-state index is 9.97. The molecule has 1 heterocycles. The first-order valence-electron chi connectivity index (χ1n) is 5.92. The number of aliphatic hydroxyl groups excluding tert-OH is 1.